The van der Waals surface area contributed by atoms with Crippen LogP contribution in [-0.4, -0.2) is 17.0 Å². The first-order valence-corrected chi connectivity index (χ1v) is 7.55. The number of ether oxygens (including phenoxy) is 1. The summed E-state index contributed by atoms with van der Waals surface area (Å²) in [6.07, 6.45) is 0.795. The number of pyridine rings is 1. The summed E-state index contributed by atoms with van der Waals surface area (Å²) in [6.45, 7) is 1.65. The van der Waals surface area contributed by atoms with Gasteiger partial charge < -0.3 is 10.1 Å². The number of anilines is 1. The second-order valence-electron chi connectivity index (χ2n) is 4.19. The lowest BCUT2D eigenvalue weighted by Gasteiger charge is -2.15. The van der Waals surface area contributed by atoms with E-state index in [1.165, 1.54) is 6.20 Å². The van der Waals surface area contributed by atoms with E-state index in [0.717, 1.165) is 0 Å². The number of benzene rings is 1. The predicted octanol–water partition coefficient (Wildman–Crippen LogP) is 4.56. The molecule has 1 aromatic heterocycles. The maximum atomic E-state index is 12.0. The molecule has 1 aromatic carbocycles. The smallest absolute Gasteiger partial charge is 0.265 e. The van der Waals surface area contributed by atoms with Crippen LogP contribution in [0.3, 0.4) is 0 Å². The van der Waals surface area contributed by atoms with E-state index in [9.17, 15) is 4.79 Å². The molecule has 0 fully saturated rings. The van der Waals surface area contributed by atoms with Gasteiger partial charge in [-0.3, -0.25) is 4.79 Å². The molecule has 0 saturated carbocycles. The van der Waals surface area contributed by atoms with Crippen LogP contribution < -0.4 is 10.1 Å². The Morgan fingerprint density at radius 1 is 1.33 bits per heavy atom. The van der Waals surface area contributed by atoms with E-state index in [1.807, 2.05) is 0 Å². The van der Waals surface area contributed by atoms with Crippen LogP contribution >= 0.6 is 39.1 Å². The van der Waals surface area contributed by atoms with Crippen molar-refractivity contribution in [3.8, 4) is 5.75 Å². The van der Waals surface area contributed by atoms with Gasteiger partial charge >= 0.3 is 0 Å². The molecule has 2 aromatic rings. The molecule has 7 heteroatoms. The molecule has 0 radical (unpaired) electrons. The first-order chi connectivity index (χ1) is 9.95. The minimum Gasteiger partial charge on any atom is -0.480 e. The molecular formula is C14H11BrCl2N2O2. The molecule has 0 aliphatic heterocycles. The lowest BCUT2D eigenvalue weighted by molar-refractivity contribution is -0.122. The largest absolute Gasteiger partial charge is 0.480 e. The molecule has 110 valence electrons. The van der Waals surface area contributed by atoms with E-state index < -0.39 is 6.10 Å². The summed E-state index contributed by atoms with van der Waals surface area (Å²) in [4.78, 5) is 15.9. The number of amides is 1. The van der Waals surface area contributed by atoms with E-state index in [-0.39, 0.29) is 5.91 Å². The fourth-order valence-corrected chi connectivity index (χ4v) is 2.40. The molecule has 1 N–H and O–H groups in total. The Kier molecular flexibility index (Phi) is 5.45. The Morgan fingerprint density at radius 2 is 2.10 bits per heavy atom. The third-order valence-electron chi connectivity index (χ3n) is 2.56. The molecule has 0 bridgehead atoms. The fraction of sp³-hybridized carbons (Fsp3) is 0.143. The number of rotatable bonds is 4. The Bertz CT molecular complexity index is 650. The molecule has 1 heterocycles. The Hall–Kier alpha value is -1.30. The highest BCUT2D eigenvalue weighted by atomic mass is 79.9. The van der Waals surface area contributed by atoms with Gasteiger partial charge in [-0.1, -0.05) is 23.2 Å². The van der Waals surface area contributed by atoms with Crippen molar-refractivity contribution in [2.24, 2.45) is 0 Å². The van der Waals surface area contributed by atoms with E-state index in [1.54, 1.807) is 37.3 Å². The summed E-state index contributed by atoms with van der Waals surface area (Å²) in [5, 5.41) is 3.64. The van der Waals surface area contributed by atoms with Crippen molar-refractivity contribution in [1.29, 1.82) is 0 Å². The van der Waals surface area contributed by atoms with Crippen LogP contribution in [0.4, 0.5) is 5.69 Å². The van der Waals surface area contributed by atoms with E-state index in [4.69, 9.17) is 27.9 Å². The quantitative estimate of drug-likeness (QED) is 0.780. The topological polar surface area (TPSA) is 51.2 Å². The number of nitrogens with one attached hydrogen (secondary N) is 1. The summed E-state index contributed by atoms with van der Waals surface area (Å²) < 4.78 is 6.28. The van der Waals surface area contributed by atoms with Gasteiger partial charge in [-0.15, -0.1) is 0 Å². The van der Waals surface area contributed by atoms with E-state index in [0.29, 0.717) is 26.1 Å². The van der Waals surface area contributed by atoms with Gasteiger partial charge in [0, 0.05) is 5.02 Å². The average Bonchev–Trinajstić information content (AvgIpc) is 2.44. The monoisotopic (exact) mass is 388 g/mol. The number of carbonyl (C=O) groups is 1. The average molecular weight is 390 g/mol. The molecule has 0 aliphatic carbocycles. The number of carbonyl (C=O) groups excluding carboxylic acids is 1. The van der Waals surface area contributed by atoms with Crippen molar-refractivity contribution in [2.45, 2.75) is 13.0 Å². The van der Waals surface area contributed by atoms with Crippen LogP contribution in [0.2, 0.25) is 10.2 Å². The van der Waals surface area contributed by atoms with Gasteiger partial charge in [-0.05, 0) is 53.2 Å². The summed E-state index contributed by atoms with van der Waals surface area (Å²) in [5.41, 5.74) is 0.551. The number of hydrogen-bond acceptors (Lipinski definition) is 3. The molecule has 0 aliphatic rings. The second kappa shape index (κ2) is 7.11. The molecule has 1 unspecified atom stereocenters. The zero-order valence-corrected chi connectivity index (χ0v) is 14.0. The van der Waals surface area contributed by atoms with Gasteiger partial charge in [0.2, 0.25) is 0 Å². The first kappa shape index (κ1) is 16.1. The van der Waals surface area contributed by atoms with Crippen molar-refractivity contribution >= 4 is 50.7 Å². The molecule has 1 amide bonds. The maximum Gasteiger partial charge on any atom is 0.265 e. The van der Waals surface area contributed by atoms with Gasteiger partial charge in [-0.25, -0.2) is 4.98 Å². The van der Waals surface area contributed by atoms with Crippen LogP contribution in [0.5, 0.6) is 5.75 Å². The maximum absolute atomic E-state index is 12.0. The predicted molar refractivity (Wildman–Crippen MR) is 87.1 cm³/mol. The van der Waals surface area contributed by atoms with Crippen molar-refractivity contribution in [3.05, 3.63) is 51.2 Å². The SMILES string of the molecule is CC(Oc1ccc(Cl)cc1Br)C(=O)Nc1ccc(Cl)nc1. The summed E-state index contributed by atoms with van der Waals surface area (Å²) in [6, 6.07) is 8.34. The lowest BCUT2D eigenvalue weighted by Crippen LogP contribution is -2.30. The third-order valence-corrected chi connectivity index (χ3v) is 3.64. The van der Waals surface area contributed by atoms with Gasteiger partial charge in [0.05, 0.1) is 16.4 Å². The number of hydrogen-bond donors (Lipinski definition) is 1. The standard InChI is InChI=1S/C14H11BrCl2N2O2/c1-8(21-12-4-2-9(16)6-11(12)15)14(20)19-10-3-5-13(17)18-7-10/h2-8H,1H3,(H,19,20). The lowest BCUT2D eigenvalue weighted by atomic mass is 10.3. The zero-order valence-electron chi connectivity index (χ0n) is 10.9. The molecular weight excluding hydrogens is 379 g/mol. The normalized spacial score (nSPS) is 11.8. The highest BCUT2D eigenvalue weighted by Crippen LogP contribution is 2.28. The highest BCUT2D eigenvalue weighted by Gasteiger charge is 2.16. The minimum atomic E-state index is -0.682. The van der Waals surface area contributed by atoms with E-state index >= 15 is 0 Å². The number of halogens is 3. The second-order valence-corrected chi connectivity index (χ2v) is 5.87. The molecule has 2 rings (SSSR count). The highest BCUT2D eigenvalue weighted by molar-refractivity contribution is 9.10. The van der Waals surface area contributed by atoms with Gasteiger partial charge in [0.1, 0.15) is 10.9 Å². The molecule has 1 atom stereocenters. The van der Waals surface area contributed by atoms with Crippen molar-refractivity contribution in [1.82, 2.24) is 4.98 Å². The first-order valence-electron chi connectivity index (χ1n) is 6.00. The Morgan fingerprint density at radius 3 is 2.71 bits per heavy atom. The van der Waals surface area contributed by atoms with Gasteiger partial charge in [-0.2, -0.15) is 0 Å². The number of aromatic nitrogens is 1. The molecule has 21 heavy (non-hydrogen) atoms. The fourth-order valence-electron chi connectivity index (χ4n) is 1.51. The number of nitrogens with zero attached hydrogens (tertiary/aromatic N) is 1. The van der Waals surface area contributed by atoms with Crippen LogP contribution in [-0.2, 0) is 4.79 Å². The molecule has 4 nitrogen and oxygen atoms in total. The van der Waals surface area contributed by atoms with Crippen LogP contribution in [0.15, 0.2) is 41.0 Å². The van der Waals surface area contributed by atoms with Crippen molar-refractivity contribution < 1.29 is 9.53 Å². The zero-order chi connectivity index (χ0) is 15.4. The third kappa shape index (κ3) is 4.59. The van der Waals surface area contributed by atoms with Crippen LogP contribution in [0, 0.1) is 0 Å². The van der Waals surface area contributed by atoms with E-state index in [2.05, 4.69) is 26.2 Å². The van der Waals surface area contributed by atoms with Crippen LogP contribution in [0.25, 0.3) is 0 Å². The van der Waals surface area contributed by atoms with Gasteiger partial charge in [0.15, 0.2) is 6.10 Å². The molecule has 0 spiro atoms. The van der Waals surface area contributed by atoms with Gasteiger partial charge in [0.25, 0.3) is 5.91 Å². The van der Waals surface area contributed by atoms with Crippen molar-refractivity contribution in [2.75, 3.05) is 5.32 Å². The Balaban J connectivity index is 2.00. The van der Waals surface area contributed by atoms with Crippen molar-refractivity contribution in [3.63, 3.8) is 0 Å². The minimum absolute atomic E-state index is 0.291. The summed E-state index contributed by atoms with van der Waals surface area (Å²) >= 11 is 14.9. The molecule has 0 saturated heterocycles. The Labute approximate surface area is 140 Å². The van der Waals surface area contributed by atoms with Crippen LogP contribution in [0.1, 0.15) is 6.92 Å². The summed E-state index contributed by atoms with van der Waals surface area (Å²) in [7, 11) is 0. The summed E-state index contributed by atoms with van der Waals surface area (Å²) in [5.74, 6) is 0.247.